The molecule has 0 bridgehead atoms. The van der Waals surface area contributed by atoms with Crippen LogP contribution in [0.3, 0.4) is 0 Å². The Morgan fingerprint density at radius 2 is 1.88 bits per heavy atom. The molecule has 1 amide bonds. The Kier molecular flexibility index (Phi) is 5.62. The van der Waals surface area contributed by atoms with E-state index in [0.29, 0.717) is 24.6 Å². The summed E-state index contributed by atoms with van der Waals surface area (Å²) in [5.41, 5.74) is 4.83. The zero-order chi connectivity index (χ0) is 23.7. The highest BCUT2D eigenvalue weighted by Crippen LogP contribution is 2.34. The normalized spacial score (nSPS) is 15.1. The molecule has 1 aliphatic heterocycles. The quantitative estimate of drug-likeness (QED) is 0.448. The maximum atomic E-state index is 11.6. The SMILES string of the molecule is COc1cc(OC)cc(N(CC2CNC(=O)O2)c2ccc3ncc(-c4cnn(C)c4)nc3c2)c1. The van der Waals surface area contributed by atoms with Gasteiger partial charge in [-0.2, -0.15) is 5.10 Å². The van der Waals surface area contributed by atoms with Crippen LogP contribution in [0.25, 0.3) is 22.3 Å². The van der Waals surface area contributed by atoms with E-state index in [0.717, 1.165) is 33.7 Å². The van der Waals surface area contributed by atoms with Gasteiger partial charge in [0.25, 0.3) is 0 Å². The minimum Gasteiger partial charge on any atom is -0.497 e. The lowest BCUT2D eigenvalue weighted by atomic mass is 10.1. The highest BCUT2D eigenvalue weighted by atomic mass is 16.6. The summed E-state index contributed by atoms with van der Waals surface area (Å²) in [7, 11) is 5.08. The van der Waals surface area contributed by atoms with Crippen molar-refractivity contribution < 1.29 is 19.0 Å². The summed E-state index contributed by atoms with van der Waals surface area (Å²) in [6, 6.07) is 11.5. The number of benzene rings is 2. The topological polar surface area (TPSA) is 104 Å². The van der Waals surface area contributed by atoms with Crippen LogP contribution >= 0.6 is 0 Å². The molecule has 1 saturated heterocycles. The average molecular weight is 460 g/mol. The van der Waals surface area contributed by atoms with Crippen LogP contribution in [0.15, 0.2) is 55.0 Å². The molecule has 1 N–H and O–H groups in total. The van der Waals surface area contributed by atoms with Gasteiger partial charge in [-0.3, -0.25) is 9.67 Å². The van der Waals surface area contributed by atoms with Gasteiger partial charge in [0, 0.05) is 48.4 Å². The molecule has 0 spiro atoms. The fraction of sp³-hybridized carbons (Fsp3) is 0.250. The molecule has 3 heterocycles. The summed E-state index contributed by atoms with van der Waals surface area (Å²) in [5, 5.41) is 6.94. The first kappa shape index (κ1) is 21.5. The molecule has 5 rings (SSSR count). The first-order valence-electron chi connectivity index (χ1n) is 10.7. The van der Waals surface area contributed by atoms with E-state index in [1.807, 2.05) is 54.5 Å². The van der Waals surface area contributed by atoms with E-state index >= 15 is 0 Å². The number of carbonyl (C=O) groups is 1. The molecule has 1 aliphatic rings. The second kappa shape index (κ2) is 8.89. The van der Waals surface area contributed by atoms with Gasteiger partial charge in [0.2, 0.25) is 0 Å². The van der Waals surface area contributed by atoms with Crippen molar-refractivity contribution in [3.8, 4) is 22.8 Å². The molecule has 1 unspecified atom stereocenters. The molecular weight excluding hydrogens is 436 g/mol. The fourth-order valence-electron chi connectivity index (χ4n) is 3.91. The van der Waals surface area contributed by atoms with Crippen molar-refractivity contribution in [3.05, 3.63) is 55.0 Å². The van der Waals surface area contributed by atoms with Crippen LogP contribution in [0.4, 0.5) is 16.2 Å². The van der Waals surface area contributed by atoms with Crippen LogP contribution in [0.5, 0.6) is 11.5 Å². The van der Waals surface area contributed by atoms with Crippen LogP contribution in [0.2, 0.25) is 0 Å². The molecule has 10 heteroatoms. The van der Waals surface area contributed by atoms with Crippen LogP contribution in [0, 0.1) is 0 Å². The van der Waals surface area contributed by atoms with Gasteiger partial charge in [0.1, 0.15) is 17.6 Å². The van der Waals surface area contributed by atoms with E-state index in [9.17, 15) is 4.79 Å². The number of fused-ring (bicyclic) bond motifs is 1. The molecule has 10 nitrogen and oxygen atoms in total. The van der Waals surface area contributed by atoms with Crippen molar-refractivity contribution in [2.75, 3.05) is 32.2 Å². The predicted octanol–water partition coefficient (Wildman–Crippen LogP) is 3.29. The fourth-order valence-corrected chi connectivity index (χ4v) is 3.91. The molecule has 4 aromatic rings. The van der Waals surface area contributed by atoms with Crippen LogP contribution in [-0.4, -0.2) is 59.3 Å². The van der Waals surface area contributed by atoms with E-state index in [1.54, 1.807) is 31.3 Å². The van der Waals surface area contributed by atoms with Gasteiger partial charge in [-0.15, -0.1) is 0 Å². The summed E-state index contributed by atoms with van der Waals surface area (Å²) >= 11 is 0. The van der Waals surface area contributed by atoms with E-state index in [1.165, 1.54) is 0 Å². The summed E-state index contributed by atoms with van der Waals surface area (Å²) in [5.74, 6) is 1.31. The van der Waals surface area contributed by atoms with Gasteiger partial charge in [0.15, 0.2) is 0 Å². The van der Waals surface area contributed by atoms with Gasteiger partial charge in [-0.05, 0) is 18.2 Å². The molecule has 0 radical (unpaired) electrons. The molecule has 1 fully saturated rings. The minimum absolute atomic E-state index is 0.326. The van der Waals surface area contributed by atoms with Crippen LogP contribution in [0.1, 0.15) is 0 Å². The smallest absolute Gasteiger partial charge is 0.407 e. The number of cyclic esters (lactones) is 1. The van der Waals surface area contributed by atoms with Crippen molar-refractivity contribution in [1.82, 2.24) is 25.1 Å². The molecule has 0 aliphatic carbocycles. The lowest BCUT2D eigenvalue weighted by molar-refractivity contribution is 0.144. The summed E-state index contributed by atoms with van der Waals surface area (Å²) in [6.45, 7) is 0.852. The number of anilines is 2. The number of methoxy groups -OCH3 is 2. The maximum absolute atomic E-state index is 11.6. The van der Waals surface area contributed by atoms with Crippen molar-refractivity contribution >= 4 is 28.5 Å². The van der Waals surface area contributed by atoms with Gasteiger partial charge in [-0.1, -0.05) is 0 Å². The molecule has 2 aromatic heterocycles. The Morgan fingerprint density at radius 1 is 1.09 bits per heavy atom. The number of alkyl carbamates (subject to hydrolysis) is 1. The third kappa shape index (κ3) is 4.29. The highest BCUT2D eigenvalue weighted by molar-refractivity contribution is 5.83. The van der Waals surface area contributed by atoms with Gasteiger partial charge >= 0.3 is 6.09 Å². The number of ether oxygens (including phenoxy) is 3. The number of aromatic nitrogens is 4. The van der Waals surface area contributed by atoms with Crippen molar-refractivity contribution in [2.24, 2.45) is 7.05 Å². The number of amides is 1. The van der Waals surface area contributed by atoms with E-state index < -0.39 is 6.09 Å². The zero-order valence-corrected chi connectivity index (χ0v) is 19.1. The Labute approximate surface area is 196 Å². The van der Waals surface area contributed by atoms with Crippen LogP contribution < -0.4 is 19.7 Å². The third-order valence-electron chi connectivity index (χ3n) is 5.62. The second-order valence-electron chi connectivity index (χ2n) is 7.92. The Morgan fingerprint density at radius 3 is 2.53 bits per heavy atom. The van der Waals surface area contributed by atoms with Crippen molar-refractivity contribution in [3.63, 3.8) is 0 Å². The number of nitrogens with one attached hydrogen (secondary N) is 1. The lowest BCUT2D eigenvalue weighted by Gasteiger charge is -2.28. The molecule has 34 heavy (non-hydrogen) atoms. The number of carbonyl (C=O) groups excluding carboxylic acids is 1. The van der Waals surface area contributed by atoms with Gasteiger partial charge in [-0.25, -0.2) is 9.78 Å². The number of hydrogen-bond acceptors (Lipinski definition) is 8. The Balaban J connectivity index is 1.58. The first-order chi connectivity index (χ1) is 16.5. The standard InChI is InChI=1S/C24H24N6O4/c1-29-13-15(10-27-29)23-12-25-21-5-4-16(8-22(21)28-23)30(14-20-11-26-24(31)34-20)17-6-18(32-2)9-19(7-17)33-3/h4-10,12-13,20H,11,14H2,1-3H3,(H,26,31). The van der Waals surface area contributed by atoms with Crippen LogP contribution in [-0.2, 0) is 11.8 Å². The molecule has 2 aromatic carbocycles. The minimum atomic E-state index is -0.418. The third-order valence-corrected chi connectivity index (χ3v) is 5.62. The number of rotatable bonds is 7. The molecule has 0 saturated carbocycles. The Bertz CT molecular complexity index is 1330. The Hall–Kier alpha value is -4.34. The average Bonchev–Trinajstić information content (AvgIpc) is 3.49. The largest absolute Gasteiger partial charge is 0.497 e. The van der Waals surface area contributed by atoms with Crippen molar-refractivity contribution in [2.45, 2.75) is 6.10 Å². The summed E-state index contributed by atoms with van der Waals surface area (Å²) in [4.78, 5) is 23.1. The summed E-state index contributed by atoms with van der Waals surface area (Å²) in [6.07, 6.45) is 4.66. The monoisotopic (exact) mass is 460 g/mol. The number of aryl methyl sites for hydroxylation is 1. The zero-order valence-electron chi connectivity index (χ0n) is 19.1. The van der Waals surface area contributed by atoms with Gasteiger partial charge in [0.05, 0.1) is 56.4 Å². The van der Waals surface area contributed by atoms with E-state index in [2.05, 4.69) is 15.4 Å². The van der Waals surface area contributed by atoms with Gasteiger partial charge < -0.3 is 24.4 Å². The number of hydrogen-bond donors (Lipinski definition) is 1. The lowest BCUT2D eigenvalue weighted by Crippen LogP contribution is -2.31. The molecule has 1 atom stereocenters. The maximum Gasteiger partial charge on any atom is 0.407 e. The molecular formula is C24H24N6O4. The number of nitrogens with zero attached hydrogens (tertiary/aromatic N) is 5. The van der Waals surface area contributed by atoms with E-state index in [-0.39, 0.29) is 6.10 Å². The summed E-state index contributed by atoms with van der Waals surface area (Å²) < 4.78 is 18.1. The van der Waals surface area contributed by atoms with E-state index in [4.69, 9.17) is 19.2 Å². The second-order valence-corrected chi connectivity index (χ2v) is 7.92. The molecule has 174 valence electrons. The first-order valence-corrected chi connectivity index (χ1v) is 10.7. The predicted molar refractivity (Wildman–Crippen MR) is 127 cm³/mol. The van der Waals surface area contributed by atoms with Crippen molar-refractivity contribution in [1.29, 1.82) is 0 Å². The highest BCUT2D eigenvalue weighted by Gasteiger charge is 2.26.